The number of hydrogen-bond donors (Lipinski definition) is 1. The maximum absolute atomic E-state index is 10.9. The van der Waals surface area contributed by atoms with E-state index < -0.39 is 9.02 Å². The van der Waals surface area contributed by atoms with Crippen LogP contribution in [0.4, 0.5) is 0 Å². The Labute approximate surface area is 70.9 Å². The van der Waals surface area contributed by atoms with E-state index in [9.17, 15) is 4.21 Å². The molecule has 0 aromatic carbocycles. The lowest BCUT2D eigenvalue weighted by Crippen LogP contribution is -2.06. The summed E-state index contributed by atoms with van der Waals surface area (Å²) < 4.78 is 19.8. The van der Waals surface area contributed by atoms with E-state index in [0.29, 0.717) is 11.3 Å². The second kappa shape index (κ2) is 3.01. The Kier molecular flexibility index (Phi) is 2.42. The van der Waals surface area contributed by atoms with Crippen molar-refractivity contribution < 1.29 is 8.76 Å². The van der Waals surface area contributed by atoms with Gasteiger partial charge in [-0.1, -0.05) is 17.7 Å². The Morgan fingerprint density at radius 2 is 2.27 bits per heavy atom. The van der Waals surface area contributed by atoms with Crippen LogP contribution >= 0.6 is 10.7 Å². The van der Waals surface area contributed by atoms with Crippen molar-refractivity contribution in [1.29, 1.82) is 0 Å². The summed E-state index contributed by atoms with van der Waals surface area (Å²) in [7, 11) is 1.98. The van der Waals surface area contributed by atoms with E-state index in [1.54, 1.807) is 12.2 Å². The first-order valence-electron chi connectivity index (χ1n) is 3.17. The summed E-state index contributed by atoms with van der Waals surface area (Å²) in [4.78, 5) is 0.379. The monoisotopic (exact) mass is 192 g/mol. The highest BCUT2D eigenvalue weighted by molar-refractivity contribution is 8.18. The molecule has 0 saturated heterocycles. The van der Waals surface area contributed by atoms with Crippen molar-refractivity contribution in [2.45, 2.75) is 13.3 Å². The highest BCUT2D eigenvalue weighted by Crippen LogP contribution is 2.11. The van der Waals surface area contributed by atoms with Gasteiger partial charge in [0.25, 0.3) is 0 Å². The maximum Gasteiger partial charge on any atom is 0.170 e. The van der Waals surface area contributed by atoms with Crippen molar-refractivity contribution in [2.24, 2.45) is 0 Å². The average Bonchev–Trinajstić information content (AvgIpc) is 1.86. The predicted molar refractivity (Wildman–Crippen MR) is 49.1 cm³/mol. The Bertz CT molecular complexity index is 324. The van der Waals surface area contributed by atoms with Crippen LogP contribution in [0.15, 0.2) is 23.8 Å². The van der Waals surface area contributed by atoms with Crippen molar-refractivity contribution >= 4 is 24.6 Å². The lowest BCUT2D eigenvalue weighted by molar-refractivity contribution is 0.575. The van der Waals surface area contributed by atoms with Gasteiger partial charge in [-0.25, -0.2) is 4.21 Å². The SMILES string of the molecule is CC1=CCC(=S(=O)(O)Cl)C=C1. The molecule has 0 heterocycles. The van der Waals surface area contributed by atoms with Crippen LogP contribution in [0.2, 0.25) is 0 Å². The summed E-state index contributed by atoms with van der Waals surface area (Å²) in [6.07, 6.45) is 5.72. The minimum absolute atomic E-state index is 0.379. The number of hydrogen-bond acceptors (Lipinski definition) is 1. The van der Waals surface area contributed by atoms with E-state index in [1.807, 2.05) is 13.0 Å². The van der Waals surface area contributed by atoms with E-state index in [-0.39, 0.29) is 0 Å². The van der Waals surface area contributed by atoms with Gasteiger partial charge >= 0.3 is 0 Å². The van der Waals surface area contributed by atoms with Gasteiger partial charge in [-0.2, -0.15) is 0 Å². The van der Waals surface area contributed by atoms with E-state index in [4.69, 9.17) is 15.2 Å². The molecule has 62 valence electrons. The summed E-state index contributed by atoms with van der Waals surface area (Å²) in [5.41, 5.74) is 1.09. The molecule has 1 aliphatic rings. The zero-order chi connectivity index (χ0) is 8.48. The smallest absolute Gasteiger partial charge is 0.170 e. The minimum atomic E-state index is -3.24. The summed E-state index contributed by atoms with van der Waals surface area (Å²) >= 11 is 0. The van der Waals surface area contributed by atoms with Gasteiger partial charge in [0.1, 0.15) is 0 Å². The summed E-state index contributed by atoms with van der Waals surface area (Å²) in [6, 6.07) is 0. The third-order valence-electron chi connectivity index (χ3n) is 1.48. The fraction of sp³-hybridized carbons (Fsp3) is 0.286. The summed E-state index contributed by atoms with van der Waals surface area (Å²) in [5, 5.41) is 0. The Morgan fingerprint density at radius 1 is 1.64 bits per heavy atom. The first kappa shape index (κ1) is 8.84. The molecule has 0 aromatic heterocycles. The Balaban J connectivity index is 3.05. The van der Waals surface area contributed by atoms with Crippen LogP contribution in [-0.2, 0) is 9.02 Å². The molecule has 2 nitrogen and oxygen atoms in total. The lowest BCUT2D eigenvalue weighted by atomic mass is 10.1. The molecule has 0 aromatic rings. The largest absolute Gasteiger partial charge is 0.302 e. The second-order valence-electron chi connectivity index (χ2n) is 2.41. The van der Waals surface area contributed by atoms with E-state index in [2.05, 4.69) is 0 Å². The molecule has 0 aliphatic heterocycles. The quantitative estimate of drug-likeness (QED) is 0.471. The molecular weight excluding hydrogens is 184 g/mol. The molecule has 1 aliphatic carbocycles. The molecule has 0 bridgehead atoms. The third kappa shape index (κ3) is 2.36. The molecule has 0 spiro atoms. The van der Waals surface area contributed by atoms with Gasteiger partial charge in [-0.05, 0) is 13.0 Å². The van der Waals surface area contributed by atoms with Gasteiger partial charge in [0.2, 0.25) is 0 Å². The lowest BCUT2D eigenvalue weighted by Gasteiger charge is -2.05. The van der Waals surface area contributed by atoms with Crippen molar-refractivity contribution in [3.05, 3.63) is 23.8 Å². The van der Waals surface area contributed by atoms with Gasteiger partial charge in [-0.3, -0.25) is 0 Å². The van der Waals surface area contributed by atoms with E-state index >= 15 is 0 Å². The molecule has 1 atom stereocenters. The van der Waals surface area contributed by atoms with Crippen LogP contribution in [-0.4, -0.2) is 13.6 Å². The molecule has 0 radical (unpaired) electrons. The van der Waals surface area contributed by atoms with Crippen molar-refractivity contribution in [3.8, 4) is 0 Å². The van der Waals surface area contributed by atoms with E-state index in [1.165, 1.54) is 0 Å². The summed E-state index contributed by atoms with van der Waals surface area (Å²) in [6.45, 7) is 1.93. The first-order valence-corrected chi connectivity index (χ1v) is 5.51. The second-order valence-corrected chi connectivity index (χ2v) is 5.11. The van der Waals surface area contributed by atoms with Crippen LogP contribution < -0.4 is 0 Å². The molecule has 1 N–H and O–H groups in total. The van der Waals surface area contributed by atoms with Crippen LogP contribution in [0.3, 0.4) is 0 Å². The minimum Gasteiger partial charge on any atom is -0.302 e. The van der Waals surface area contributed by atoms with Gasteiger partial charge in [0, 0.05) is 22.0 Å². The molecule has 11 heavy (non-hydrogen) atoms. The van der Waals surface area contributed by atoms with E-state index in [0.717, 1.165) is 5.57 Å². The third-order valence-corrected chi connectivity index (χ3v) is 3.02. The highest BCUT2D eigenvalue weighted by Gasteiger charge is 2.06. The molecule has 1 rings (SSSR count). The van der Waals surface area contributed by atoms with Crippen LogP contribution in [0.5, 0.6) is 0 Å². The van der Waals surface area contributed by atoms with Gasteiger partial charge in [0.15, 0.2) is 9.02 Å². The predicted octanol–water partition coefficient (Wildman–Crippen LogP) is 1.98. The van der Waals surface area contributed by atoms with Gasteiger partial charge in [0.05, 0.1) is 0 Å². The molecule has 0 saturated carbocycles. The van der Waals surface area contributed by atoms with Gasteiger partial charge in [-0.15, -0.1) is 0 Å². The standard InChI is InChI=1S/C7H9ClO2S/c1-6-2-4-7(5-3-6)11(8,9)10/h2-4H,5H2,1H3,(H,9,10). The molecule has 0 amide bonds. The fourth-order valence-corrected chi connectivity index (χ4v) is 1.68. The number of rotatable bonds is 0. The normalized spacial score (nSPS) is 22.8. The highest BCUT2D eigenvalue weighted by atomic mass is 35.7. The molecule has 1 unspecified atom stereocenters. The first-order chi connectivity index (χ1) is 5.00. The topological polar surface area (TPSA) is 37.3 Å². The molecule has 0 fully saturated rings. The van der Waals surface area contributed by atoms with Crippen LogP contribution in [0.1, 0.15) is 13.3 Å². The van der Waals surface area contributed by atoms with Crippen molar-refractivity contribution in [1.82, 2.24) is 0 Å². The van der Waals surface area contributed by atoms with Crippen molar-refractivity contribution in [2.75, 3.05) is 0 Å². The molecular formula is C7H9ClO2S. The maximum atomic E-state index is 10.9. The zero-order valence-corrected chi connectivity index (χ0v) is 7.65. The Hall–Kier alpha value is -0.250. The number of halogens is 1. The van der Waals surface area contributed by atoms with Crippen molar-refractivity contribution in [3.63, 3.8) is 0 Å². The zero-order valence-electron chi connectivity index (χ0n) is 6.08. The summed E-state index contributed by atoms with van der Waals surface area (Å²) in [5.74, 6) is 0. The average molecular weight is 193 g/mol. The fourth-order valence-electron chi connectivity index (χ4n) is 0.809. The van der Waals surface area contributed by atoms with Crippen LogP contribution in [0, 0.1) is 0 Å². The molecule has 4 heteroatoms. The van der Waals surface area contributed by atoms with Crippen LogP contribution in [0.25, 0.3) is 0 Å². The Morgan fingerprint density at radius 3 is 2.64 bits per heavy atom. The number of allylic oxidation sites excluding steroid dienone is 4. The van der Waals surface area contributed by atoms with Gasteiger partial charge < -0.3 is 4.55 Å².